The Kier molecular flexibility index (Phi) is 5.19. The minimum absolute atomic E-state index is 0.0691. The number of likely N-dealkylation sites (N-methyl/N-ethyl adjacent to an activating group) is 1. The molecule has 1 aliphatic rings. The molecule has 1 unspecified atom stereocenters. The average Bonchev–Trinajstić information content (AvgIpc) is 2.46. The van der Waals surface area contributed by atoms with E-state index in [2.05, 4.69) is 59.4 Å². The lowest BCUT2D eigenvalue weighted by Crippen LogP contribution is -2.56. The summed E-state index contributed by atoms with van der Waals surface area (Å²) in [6.07, 6.45) is 0. The topological polar surface area (TPSA) is 44.4 Å². The highest BCUT2D eigenvalue weighted by Gasteiger charge is 2.27. The number of hydrogen-bond acceptors (Lipinski definition) is 3. The van der Waals surface area contributed by atoms with Crippen molar-refractivity contribution in [2.24, 2.45) is 0 Å². The van der Waals surface area contributed by atoms with Crippen molar-refractivity contribution in [1.29, 1.82) is 0 Å². The van der Waals surface area contributed by atoms with E-state index in [1.807, 2.05) is 0 Å². The molecule has 1 saturated heterocycles. The summed E-state index contributed by atoms with van der Waals surface area (Å²) >= 11 is 0. The minimum atomic E-state index is -1.23. The van der Waals surface area contributed by atoms with Crippen LogP contribution in [0.1, 0.15) is 5.56 Å². The molecule has 1 aliphatic heterocycles. The molecule has 116 valence electrons. The van der Waals surface area contributed by atoms with E-state index in [0.29, 0.717) is 0 Å². The van der Waals surface area contributed by atoms with Crippen molar-refractivity contribution in [2.75, 3.05) is 26.7 Å². The van der Waals surface area contributed by atoms with E-state index in [-0.39, 0.29) is 11.9 Å². The van der Waals surface area contributed by atoms with Crippen molar-refractivity contribution >= 4 is 19.2 Å². The van der Waals surface area contributed by atoms with Gasteiger partial charge in [0.25, 0.3) is 0 Å². The van der Waals surface area contributed by atoms with Crippen molar-refractivity contribution < 1.29 is 4.79 Å². The molecule has 1 aromatic rings. The predicted octanol–water partition coefficient (Wildman–Crippen LogP) is 0.752. The lowest BCUT2D eigenvalue weighted by Gasteiger charge is -2.35. The van der Waals surface area contributed by atoms with E-state index in [0.717, 1.165) is 26.2 Å². The normalized spacial score (nSPS) is 20.3. The van der Waals surface area contributed by atoms with Gasteiger partial charge >= 0.3 is 0 Å². The van der Waals surface area contributed by atoms with Gasteiger partial charge in [-0.25, -0.2) is 0 Å². The summed E-state index contributed by atoms with van der Waals surface area (Å²) in [7, 11) is 0.473. The van der Waals surface area contributed by atoms with E-state index in [4.69, 9.17) is 0 Å². The van der Waals surface area contributed by atoms with Crippen LogP contribution in [0.5, 0.6) is 0 Å². The smallest absolute Gasteiger partial charge is 0.238 e. The average molecular weight is 305 g/mol. The maximum Gasteiger partial charge on any atom is 0.238 e. The summed E-state index contributed by atoms with van der Waals surface area (Å²) in [5.41, 5.74) is 1.29. The second-order valence-corrected chi connectivity index (χ2v) is 11.8. The number of nitrogens with one attached hydrogen (secondary N) is 2. The lowest BCUT2D eigenvalue weighted by molar-refractivity contribution is -0.126. The van der Waals surface area contributed by atoms with Crippen LogP contribution in [0.15, 0.2) is 24.3 Å². The molecular weight excluding hydrogens is 278 g/mol. The second kappa shape index (κ2) is 6.73. The number of carbonyl (C=O) groups excluding carboxylic acids is 1. The van der Waals surface area contributed by atoms with Gasteiger partial charge in [-0.1, -0.05) is 49.1 Å². The molecule has 1 amide bonds. The molecule has 1 heterocycles. The summed E-state index contributed by atoms with van der Waals surface area (Å²) in [5, 5.41) is 7.54. The molecule has 0 bridgehead atoms. The fourth-order valence-electron chi connectivity index (χ4n) is 2.71. The zero-order valence-corrected chi connectivity index (χ0v) is 14.6. The molecular formula is C16H27N3OSi. The highest BCUT2D eigenvalue weighted by molar-refractivity contribution is 6.88. The maximum atomic E-state index is 12.0. The van der Waals surface area contributed by atoms with Crippen molar-refractivity contribution in [3.05, 3.63) is 29.8 Å². The molecule has 5 heteroatoms. The monoisotopic (exact) mass is 305 g/mol. The number of carbonyl (C=O) groups is 1. The number of amides is 1. The third-order valence-electron chi connectivity index (χ3n) is 4.11. The van der Waals surface area contributed by atoms with Crippen LogP contribution in [-0.4, -0.2) is 51.6 Å². The standard InChI is InChI=1S/C16H27N3OSi/c1-17-16(20)15-11-18-9-10-19(15)12-13-5-7-14(8-6-13)21(2,3)4/h5-8,15,18H,9-12H2,1-4H3,(H,17,20). The van der Waals surface area contributed by atoms with Gasteiger partial charge in [-0.2, -0.15) is 0 Å². The van der Waals surface area contributed by atoms with E-state index in [9.17, 15) is 4.79 Å². The van der Waals surface area contributed by atoms with Gasteiger partial charge in [-0.3, -0.25) is 9.69 Å². The van der Waals surface area contributed by atoms with Crippen molar-refractivity contribution in [2.45, 2.75) is 32.2 Å². The summed E-state index contributed by atoms with van der Waals surface area (Å²) in [5.74, 6) is 0.0981. The third-order valence-corrected chi connectivity index (χ3v) is 6.17. The summed E-state index contributed by atoms with van der Waals surface area (Å²) < 4.78 is 0. The van der Waals surface area contributed by atoms with Gasteiger partial charge < -0.3 is 10.6 Å². The molecule has 4 nitrogen and oxygen atoms in total. The first-order valence-corrected chi connectivity index (χ1v) is 11.2. The van der Waals surface area contributed by atoms with Crippen LogP contribution in [0, 0.1) is 0 Å². The molecule has 2 rings (SSSR count). The number of piperazine rings is 1. The number of benzene rings is 1. The Morgan fingerprint density at radius 1 is 1.33 bits per heavy atom. The Morgan fingerprint density at radius 3 is 2.57 bits per heavy atom. The lowest BCUT2D eigenvalue weighted by atomic mass is 10.1. The van der Waals surface area contributed by atoms with Crippen LogP contribution in [0.25, 0.3) is 0 Å². The van der Waals surface area contributed by atoms with Crippen LogP contribution < -0.4 is 15.8 Å². The number of nitrogens with zero attached hydrogens (tertiary/aromatic N) is 1. The molecule has 0 saturated carbocycles. The van der Waals surface area contributed by atoms with E-state index < -0.39 is 8.07 Å². The largest absolute Gasteiger partial charge is 0.358 e. The van der Waals surface area contributed by atoms with Gasteiger partial charge in [0.15, 0.2) is 0 Å². The number of hydrogen-bond donors (Lipinski definition) is 2. The van der Waals surface area contributed by atoms with E-state index in [1.165, 1.54) is 10.8 Å². The van der Waals surface area contributed by atoms with Crippen molar-refractivity contribution in [3.63, 3.8) is 0 Å². The van der Waals surface area contributed by atoms with Crippen LogP contribution in [0.4, 0.5) is 0 Å². The Labute approximate surface area is 128 Å². The first-order chi connectivity index (χ1) is 9.91. The summed E-state index contributed by atoms with van der Waals surface area (Å²) in [6.45, 7) is 10.5. The quantitative estimate of drug-likeness (QED) is 0.807. The molecule has 0 radical (unpaired) electrons. The van der Waals surface area contributed by atoms with Crippen LogP contribution >= 0.6 is 0 Å². The van der Waals surface area contributed by atoms with Gasteiger partial charge in [-0.15, -0.1) is 0 Å². The van der Waals surface area contributed by atoms with Gasteiger partial charge in [0.2, 0.25) is 5.91 Å². The fraction of sp³-hybridized carbons (Fsp3) is 0.562. The molecule has 1 atom stereocenters. The molecule has 2 N–H and O–H groups in total. The molecule has 0 spiro atoms. The Morgan fingerprint density at radius 2 is 2.00 bits per heavy atom. The first-order valence-electron chi connectivity index (χ1n) is 7.67. The van der Waals surface area contributed by atoms with Crippen LogP contribution in [0.2, 0.25) is 19.6 Å². The van der Waals surface area contributed by atoms with Gasteiger partial charge in [0.1, 0.15) is 6.04 Å². The van der Waals surface area contributed by atoms with Gasteiger partial charge in [0, 0.05) is 33.2 Å². The summed E-state index contributed by atoms with van der Waals surface area (Å²) in [4.78, 5) is 14.2. The second-order valence-electron chi connectivity index (χ2n) is 6.75. The van der Waals surface area contributed by atoms with Gasteiger partial charge in [-0.05, 0) is 5.56 Å². The molecule has 1 fully saturated rings. The van der Waals surface area contributed by atoms with E-state index >= 15 is 0 Å². The van der Waals surface area contributed by atoms with Crippen molar-refractivity contribution in [1.82, 2.24) is 15.5 Å². The van der Waals surface area contributed by atoms with Crippen LogP contribution in [0.3, 0.4) is 0 Å². The van der Waals surface area contributed by atoms with Crippen molar-refractivity contribution in [3.8, 4) is 0 Å². The zero-order chi connectivity index (χ0) is 15.5. The molecule has 1 aromatic carbocycles. The molecule has 0 aromatic heterocycles. The predicted molar refractivity (Wildman–Crippen MR) is 90.6 cm³/mol. The third kappa shape index (κ3) is 4.15. The minimum Gasteiger partial charge on any atom is -0.358 e. The fourth-order valence-corrected chi connectivity index (χ4v) is 3.87. The SMILES string of the molecule is CNC(=O)C1CNCCN1Cc1ccc([Si](C)(C)C)cc1. The summed E-state index contributed by atoms with van der Waals surface area (Å²) in [6, 6.07) is 8.89. The number of rotatable bonds is 4. The zero-order valence-electron chi connectivity index (χ0n) is 13.6. The highest BCUT2D eigenvalue weighted by Crippen LogP contribution is 2.11. The molecule has 21 heavy (non-hydrogen) atoms. The molecule has 0 aliphatic carbocycles. The maximum absolute atomic E-state index is 12.0. The first kappa shape index (κ1) is 16.2. The Bertz CT molecular complexity index is 481. The van der Waals surface area contributed by atoms with Crippen LogP contribution in [-0.2, 0) is 11.3 Å². The highest BCUT2D eigenvalue weighted by atomic mass is 28.3. The Balaban J connectivity index is 2.07. The van der Waals surface area contributed by atoms with Gasteiger partial charge in [0.05, 0.1) is 8.07 Å². The Hall–Kier alpha value is -1.17. The van der Waals surface area contributed by atoms with E-state index in [1.54, 1.807) is 7.05 Å².